The standard InChI is InChI=1S/C26H48O2/c1-3-5-7-9-11-13-15-16-18-20-22-24-26(27)28-25-23-21-19-17-14-12-10-8-6-4-2/h6-9H,3-5,10-25H2,1-2H3/b8-6-,9-7-. The molecule has 0 fully saturated rings. The highest BCUT2D eigenvalue weighted by molar-refractivity contribution is 5.69. The molecule has 0 rings (SSSR count). The summed E-state index contributed by atoms with van der Waals surface area (Å²) < 4.78 is 5.35. The molecule has 0 aliphatic carbocycles. The maximum atomic E-state index is 11.7. The topological polar surface area (TPSA) is 26.3 Å². The Morgan fingerprint density at radius 1 is 0.607 bits per heavy atom. The van der Waals surface area contributed by atoms with Gasteiger partial charge in [-0.1, -0.05) is 95.9 Å². The van der Waals surface area contributed by atoms with Gasteiger partial charge in [0.1, 0.15) is 0 Å². The molecule has 28 heavy (non-hydrogen) atoms. The van der Waals surface area contributed by atoms with Crippen molar-refractivity contribution in [3.05, 3.63) is 24.3 Å². The SMILES string of the molecule is CC/C=C\CCCCCCCCOC(=O)CCCCCCCC/C=C\CCC. The van der Waals surface area contributed by atoms with Gasteiger partial charge >= 0.3 is 5.97 Å². The Morgan fingerprint density at radius 2 is 1.11 bits per heavy atom. The minimum atomic E-state index is 0.00349. The fourth-order valence-corrected chi connectivity index (χ4v) is 3.26. The Labute approximate surface area is 176 Å². The van der Waals surface area contributed by atoms with E-state index in [1.165, 1.54) is 83.5 Å². The van der Waals surface area contributed by atoms with E-state index in [0.29, 0.717) is 13.0 Å². The van der Waals surface area contributed by atoms with Crippen LogP contribution in [0.1, 0.15) is 129 Å². The minimum Gasteiger partial charge on any atom is -0.466 e. The molecule has 0 aliphatic rings. The summed E-state index contributed by atoms with van der Waals surface area (Å²) in [6, 6.07) is 0. The lowest BCUT2D eigenvalue weighted by Crippen LogP contribution is -2.05. The van der Waals surface area contributed by atoms with Gasteiger partial charge < -0.3 is 4.74 Å². The zero-order chi connectivity index (χ0) is 20.5. The van der Waals surface area contributed by atoms with Crippen LogP contribution < -0.4 is 0 Å². The van der Waals surface area contributed by atoms with E-state index in [4.69, 9.17) is 4.74 Å². The number of esters is 1. The van der Waals surface area contributed by atoms with Crippen molar-refractivity contribution >= 4 is 5.97 Å². The molecule has 0 heterocycles. The van der Waals surface area contributed by atoms with Gasteiger partial charge in [-0.15, -0.1) is 0 Å². The first kappa shape index (κ1) is 27.0. The van der Waals surface area contributed by atoms with Crippen LogP contribution in [0.3, 0.4) is 0 Å². The molecular weight excluding hydrogens is 344 g/mol. The van der Waals surface area contributed by atoms with Crippen LogP contribution in [0, 0.1) is 0 Å². The summed E-state index contributed by atoms with van der Waals surface area (Å²) in [6.45, 7) is 5.01. The van der Waals surface area contributed by atoms with Crippen LogP contribution in [0.4, 0.5) is 0 Å². The fourth-order valence-electron chi connectivity index (χ4n) is 3.26. The number of carbonyl (C=O) groups excluding carboxylic acids is 1. The van der Waals surface area contributed by atoms with Gasteiger partial charge in [0.05, 0.1) is 6.61 Å². The number of hydrogen-bond acceptors (Lipinski definition) is 2. The summed E-state index contributed by atoms with van der Waals surface area (Å²) in [5.74, 6) is 0.00349. The average molecular weight is 393 g/mol. The van der Waals surface area contributed by atoms with Gasteiger partial charge in [-0.25, -0.2) is 0 Å². The largest absolute Gasteiger partial charge is 0.466 e. The summed E-state index contributed by atoms with van der Waals surface area (Å²) in [5.41, 5.74) is 0. The summed E-state index contributed by atoms with van der Waals surface area (Å²) >= 11 is 0. The first-order valence-electron chi connectivity index (χ1n) is 12.3. The first-order valence-corrected chi connectivity index (χ1v) is 12.3. The van der Waals surface area contributed by atoms with E-state index in [1.807, 2.05) is 0 Å². The number of unbranched alkanes of at least 4 members (excludes halogenated alkanes) is 13. The van der Waals surface area contributed by atoms with Crippen LogP contribution in [0.25, 0.3) is 0 Å². The van der Waals surface area contributed by atoms with Crippen molar-refractivity contribution in [1.82, 2.24) is 0 Å². The molecule has 0 radical (unpaired) electrons. The van der Waals surface area contributed by atoms with Crippen molar-refractivity contribution in [2.45, 2.75) is 129 Å². The van der Waals surface area contributed by atoms with Gasteiger partial charge in [-0.3, -0.25) is 4.79 Å². The Hall–Kier alpha value is -1.05. The number of carbonyl (C=O) groups is 1. The van der Waals surface area contributed by atoms with Gasteiger partial charge in [-0.05, 0) is 51.4 Å². The second kappa shape index (κ2) is 24.0. The van der Waals surface area contributed by atoms with E-state index in [-0.39, 0.29) is 5.97 Å². The van der Waals surface area contributed by atoms with E-state index >= 15 is 0 Å². The monoisotopic (exact) mass is 392 g/mol. The van der Waals surface area contributed by atoms with Gasteiger partial charge in [0.15, 0.2) is 0 Å². The quantitative estimate of drug-likeness (QED) is 0.111. The summed E-state index contributed by atoms with van der Waals surface area (Å²) in [7, 11) is 0. The van der Waals surface area contributed by atoms with Crippen molar-refractivity contribution in [2.75, 3.05) is 6.61 Å². The molecule has 0 spiro atoms. The third-order valence-corrected chi connectivity index (χ3v) is 5.05. The van der Waals surface area contributed by atoms with Crippen molar-refractivity contribution in [2.24, 2.45) is 0 Å². The van der Waals surface area contributed by atoms with Crippen LogP contribution in [-0.2, 0) is 9.53 Å². The molecule has 0 aromatic heterocycles. The van der Waals surface area contributed by atoms with Crippen LogP contribution in [-0.4, -0.2) is 12.6 Å². The molecular formula is C26H48O2. The molecule has 0 aliphatic heterocycles. The maximum Gasteiger partial charge on any atom is 0.305 e. The molecule has 0 unspecified atom stereocenters. The molecule has 0 bridgehead atoms. The third-order valence-electron chi connectivity index (χ3n) is 5.05. The fraction of sp³-hybridized carbons (Fsp3) is 0.808. The lowest BCUT2D eigenvalue weighted by atomic mass is 10.1. The van der Waals surface area contributed by atoms with E-state index in [0.717, 1.165) is 25.7 Å². The lowest BCUT2D eigenvalue weighted by Gasteiger charge is -2.05. The van der Waals surface area contributed by atoms with E-state index in [2.05, 4.69) is 38.2 Å². The predicted molar refractivity (Wildman–Crippen MR) is 124 cm³/mol. The highest BCUT2D eigenvalue weighted by Crippen LogP contribution is 2.11. The third kappa shape index (κ3) is 23.0. The minimum absolute atomic E-state index is 0.00349. The lowest BCUT2D eigenvalue weighted by molar-refractivity contribution is -0.143. The molecule has 0 saturated carbocycles. The van der Waals surface area contributed by atoms with Crippen molar-refractivity contribution < 1.29 is 9.53 Å². The van der Waals surface area contributed by atoms with Gasteiger partial charge in [0.2, 0.25) is 0 Å². The van der Waals surface area contributed by atoms with Crippen molar-refractivity contribution in [3.8, 4) is 0 Å². The average Bonchev–Trinajstić information content (AvgIpc) is 2.70. The van der Waals surface area contributed by atoms with Crippen molar-refractivity contribution in [1.29, 1.82) is 0 Å². The molecule has 2 nitrogen and oxygen atoms in total. The molecule has 0 amide bonds. The van der Waals surface area contributed by atoms with Gasteiger partial charge in [0.25, 0.3) is 0 Å². The highest BCUT2D eigenvalue weighted by Gasteiger charge is 2.02. The number of ether oxygens (including phenoxy) is 1. The highest BCUT2D eigenvalue weighted by atomic mass is 16.5. The summed E-state index contributed by atoms with van der Waals surface area (Å²) in [4.78, 5) is 11.7. The Bertz CT molecular complexity index is 371. The number of allylic oxidation sites excluding steroid dienone is 4. The van der Waals surface area contributed by atoms with E-state index < -0.39 is 0 Å². The maximum absolute atomic E-state index is 11.7. The molecule has 0 saturated heterocycles. The Morgan fingerprint density at radius 3 is 1.71 bits per heavy atom. The van der Waals surface area contributed by atoms with Crippen molar-refractivity contribution in [3.63, 3.8) is 0 Å². The Kier molecular flexibility index (Phi) is 23.1. The molecule has 0 aromatic rings. The van der Waals surface area contributed by atoms with E-state index in [1.54, 1.807) is 0 Å². The second-order valence-corrected chi connectivity index (χ2v) is 7.93. The van der Waals surface area contributed by atoms with Crippen LogP contribution in [0.5, 0.6) is 0 Å². The molecule has 164 valence electrons. The Balaban J connectivity index is 3.20. The molecule has 2 heteroatoms. The van der Waals surface area contributed by atoms with Gasteiger partial charge in [-0.2, -0.15) is 0 Å². The van der Waals surface area contributed by atoms with Crippen LogP contribution in [0.15, 0.2) is 24.3 Å². The predicted octanol–water partition coefficient (Wildman–Crippen LogP) is 8.70. The van der Waals surface area contributed by atoms with Crippen LogP contribution >= 0.6 is 0 Å². The van der Waals surface area contributed by atoms with Gasteiger partial charge in [0, 0.05) is 6.42 Å². The number of rotatable bonds is 21. The molecule has 0 aromatic carbocycles. The summed E-state index contributed by atoms with van der Waals surface area (Å²) in [6.07, 6.45) is 30.6. The van der Waals surface area contributed by atoms with Crippen LogP contribution in [0.2, 0.25) is 0 Å². The summed E-state index contributed by atoms with van der Waals surface area (Å²) in [5, 5.41) is 0. The zero-order valence-corrected chi connectivity index (χ0v) is 19.1. The first-order chi connectivity index (χ1) is 13.8. The molecule has 0 atom stereocenters. The zero-order valence-electron chi connectivity index (χ0n) is 19.1. The smallest absolute Gasteiger partial charge is 0.305 e. The second-order valence-electron chi connectivity index (χ2n) is 7.93. The number of hydrogen-bond donors (Lipinski definition) is 0. The van der Waals surface area contributed by atoms with E-state index in [9.17, 15) is 4.79 Å². The normalized spacial score (nSPS) is 11.6. The molecule has 0 N–H and O–H groups in total.